The highest BCUT2D eigenvalue weighted by Gasteiger charge is 2.15. The van der Waals surface area contributed by atoms with Gasteiger partial charge in [0.15, 0.2) is 4.21 Å². The van der Waals surface area contributed by atoms with Gasteiger partial charge in [-0.05, 0) is 17.5 Å². The van der Waals surface area contributed by atoms with Crippen LogP contribution < -0.4 is 0 Å². The van der Waals surface area contributed by atoms with Gasteiger partial charge in [-0.3, -0.25) is 0 Å². The Kier molecular flexibility index (Phi) is 1.71. The van der Waals surface area contributed by atoms with Crippen LogP contribution in [0.3, 0.4) is 0 Å². The van der Waals surface area contributed by atoms with Gasteiger partial charge in [-0.2, -0.15) is 8.42 Å². The lowest BCUT2D eigenvalue weighted by Crippen LogP contribution is -1.84. The van der Waals surface area contributed by atoms with Crippen molar-refractivity contribution in [3.8, 4) is 0 Å². The first kappa shape index (κ1) is 8.15. The van der Waals surface area contributed by atoms with Crippen LogP contribution in [0.1, 0.15) is 0 Å². The molecule has 0 N–H and O–H groups in total. The first-order valence-corrected chi connectivity index (χ1v) is 6.07. The van der Waals surface area contributed by atoms with Crippen molar-refractivity contribution in [2.45, 2.75) is 4.21 Å². The summed E-state index contributed by atoms with van der Waals surface area (Å²) in [5.41, 5.74) is 0. The molecule has 0 atom stereocenters. The fourth-order valence-corrected chi connectivity index (χ4v) is 3.70. The average Bonchev–Trinajstić information content (AvgIpc) is 2.37. The van der Waals surface area contributed by atoms with Gasteiger partial charge in [-0.1, -0.05) is 3.89 Å². The topological polar surface area (TPSA) is 34.1 Å². The van der Waals surface area contributed by atoms with E-state index in [1.165, 1.54) is 17.4 Å². The molecule has 0 saturated heterocycles. The van der Waals surface area contributed by atoms with E-state index < -0.39 is 10.2 Å². The predicted octanol–water partition coefficient (Wildman–Crippen LogP) is 2.62. The molecule has 2 rings (SSSR count). The Morgan fingerprint density at radius 2 is 2.08 bits per heavy atom. The Hall–Kier alpha value is -0.460. The molecule has 64 valence electrons. The quantitative estimate of drug-likeness (QED) is 0.695. The Labute approximate surface area is 76.5 Å². The molecule has 0 saturated carbocycles. The Morgan fingerprint density at radius 1 is 1.33 bits per heavy atom. The monoisotopic (exact) mass is 222 g/mol. The van der Waals surface area contributed by atoms with E-state index in [9.17, 15) is 12.3 Å². The van der Waals surface area contributed by atoms with Gasteiger partial charge >= 0.3 is 10.2 Å². The second-order valence-electron chi connectivity index (χ2n) is 2.15. The summed E-state index contributed by atoms with van der Waals surface area (Å²) in [4.78, 5) is 0. The Bertz CT molecular complexity index is 479. The van der Waals surface area contributed by atoms with Crippen LogP contribution in [0.4, 0.5) is 3.89 Å². The van der Waals surface area contributed by atoms with Crippen LogP contribution >= 0.6 is 22.7 Å². The number of hydrogen-bond acceptors (Lipinski definition) is 4. The number of rotatable bonds is 1. The Balaban J connectivity index is 2.75. The van der Waals surface area contributed by atoms with E-state index in [2.05, 4.69) is 0 Å². The van der Waals surface area contributed by atoms with Gasteiger partial charge < -0.3 is 0 Å². The van der Waals surface area contributed by atoms with E-state index >= 15 is 0 Å². The van der Waals surface area contributed by atoms with Crippen LogP contribution in [0.15, 0.2) is 21.7 Å². The zero-order valence-electron chi connectivity index (χ0n) is 5.65. The molecule has 2 nitrogen and oxygen atoms in total. The summed E-state index contributed by atoms with van der Waals surface area (Å²) in [6, 6.07) is 3.14. The van der Waals surface area contributed by atoms with Gasteiger partial charge in [0.05, 0.1) is 0 Å². The third kappa shape index (κ3) is 1.26. The molecule has 2 heterocycles. The van der Waals surface area contributed by atoms with Crippen LogP contribution in [-0.4, -0.2) is 8.42 Å². The SMILES string of the molecule is O=S(=O)(F)c1cc2sccc2s1. The van der Waals surface area contributed by atoms with E-state index in [1.54, 1.807) is 6.07 Å². The summed E-state index contributed by atoms with van der Waals surface area (Å²) in [5, 5.41) is 1.84. The highest BCUT2D eigenvalue weighted by molar-refractivity contribution is 7.88. The molecule has 0 fully saturated rings. The molecule has 0 bridgehead atoms. The van der Waals surface area contributed by atoms with Crippen molar-refractivity contribution < 1.29 is 12.3 Å². The zero-order chi connectivity index (χ0) is 8.77. The molecule has 0 aliphatic rings. The first-order valence-electron chi connectivity index (χ1n) is 2.99. The average molecular weight is 222 g/mol. The predicted molar refractivity (Wildman–Crippen MR) is 48.0 cm³/mol. The summed E-state index contributed by atoms with van der Waals surface area (Å²) in [7, 11) is -4.51. The lowest BCUT2D eigenvalue weighted by Gasteiger charge is -1.82. The zero-order valence-corrected chi connectivity index (χ0v) is 8.10. The molecular formula is C6H3FO2S3. The smallest absolute Gasteiger partial charge is 0.188 e. The number of fused-ring (bicyclic) bond motifs is 1. The van der Waals surface area contributed by atoms with Gasteiger partial charge in [-0.15, -0.1) is 22.7 Å². The first-order chi connectivity index (χ1) is 5.57. The number of halogens is 1. The highest BCUT2D eigenvalue weighted by atomic mass is 32.3. The van der Waals surface area contributed by atoms with Crippen molar-refractivity contribution in [2.24, 2.45) is 0 Å². The van der Waals surface area contributed by atoms with Crippen molar-refractivity contribution in [2.75, 3.05) is 0 Å². The van der Waals surface area contributed by atoms with Crippen molar-refractivity contribution in [3.63, 3.8) is 0 Å². The highest BCUT2D eigenvalue weighted by Crippen LogP contribution is 2.33. The summed E-state index contributed by atoms with van der Waals surface area (Å²) in [5.74, 6) is 0. The van der Waals surface area contributed by atoms with E-state index in [0.29, 0.717) is 0 Å². The van der Waals surface area contributed by atoms with Crippen LogP contribution in [0.25, 0.3) is 9.40 Å². The maximum atomic E-state index is 12.4. The molecule has 2 aromatic rings. The number of thiophene rings is 2. The summed E-state index contributed by atoms with van der Waals surface area (Å²) in [6.07, 6.45) is 0. The summed E-state index contributed by atoms with van der Waals surface area (Å²) in [6.45, 7) is 0. The maximum absolute atomic E-state index is 12.4. The second kappa shape index (κ2) is 2.51. The lowest BCUT2D eigenvalue weighted by atomic mass is 10.5. The third-order valence-corrected chi connectivity index (χ3v) is 4.69. The second-order valence-corrected chi connectivity index (χ2v) is 5.76. The minimum absolute atomic E-state index is 0.204. The minimum atomic E-state index is -4.51. The molecule has 6 heteroatoms. The minimum Gasteiger partial charge on any atom is -0.188 e. The van der Waals surface area contributed by atoms with Gasteiger partial charge in [0.2, 0.25) is 0 Å². The standard InChI is InChI=1S/C6H3FO2S3/c7-12(8,9)6-3-5-4(11-6)1-2-10-5/h1-3H. The van der Waals surface area contributed by atoms with Crippen molar-refractivity contribution in [3.05, 3.63) is 17.5 Å². The van der Waals surface area contributed by atoms with Crippen LogP contribution in [0, 0.1) is 0 Å². The van der Waals surface area contributed by atoms with Crippen LogP contribution in [0.5, 0.6) is 0 Å². The summed E-state index contributed by atoms with van der Waals surface area (Å²) < 4.78 is 34.7. The largest absolute Gasteiger partial charge is 0.341 e. The molecule has 0 unspecified atom stereocenters. The molecule has 0 spiro atoms. The van der Waals surface area contributed by atoms with E-state index in [4.69, 9.17) is 0 Å². The van der Waals surface area contributed by atoms with Crippen LogP contribution in [0.2, 0.25) is 0 Å². The van der Waals surface area contributed by atoms with Crippen molar-refractivity contribution in [1.29, 1.82) is 0 Å². The van der Waals surface area contributed by atoms with Crippen molar-refractivity contribution in [1.82, 2.24) is 0 Å². The maximum Gasteiger partial charge on any atom is 0.341 e. The fourth-order valence-electron chi connectivity index (χ4n) is 0.864. The molecule has 0 aromatic carbocycles. The Morgan fingerprint density at radius 3 is 2.67 bits per heavy atom. The molecule has 12 heavy (non-hydrogen) atoms. The molecule has 0 amide bonds. The van der Waals surface area contributed by atoms with Crippen LogP contribution in [-0.2, 0) is 10.2 Å². The number of hydrogen-bond donors (Lipinski definition) is 0. The molecule has 0 aliphatic heterocycles. The van der Waals surface area contributed by atoms with Gasteiger partial charge in [0, 0.05) is 9.40 Å². The molecule has 0 aliphatic carbocycles. The van der Waals surface area contributed by atoms with E-state index in [1.807, 2.05) is 5.38 Å². The normalized spacial score (nSPS) is 12.4. The molecular weight excluding hydrogens is 219 g/mol. The summed E-state index contributed by atoms with van der Waals surface area (Å²) >= 11 is 2.36. The van der Waals surface area contributed by atoms with Crippen molar-refractivity contribution >= 4 is 42.3 Å². The third-order valence-electron chi connectivity index (χ3n) is 1.36. The van der Waals surface area contributed by atoms with E-state index in [0.717, 1.165) is 20.7 Å². The van der Waals surface area contributed by atoms with Gasteiger partial charge in [0.25, 0.3) is 0 Å². The molecule has 0 radical (unpaired) electrons. The lowest BCUT2D eigenvalue weighted by molar-refractivity contribution is 0.554. The fraction of sp³-hybridized carbons (Fsp3) is 0. The molecule has 2 aromatic heterocycles. The van der Waals surface area contributed by atoms with Gasteiger partial charge in [-0.25, -0.2) is 0 Å². The van der Waals surface area contributed by atoms with Gasteiger partial charge in [0.1, 0.15) is 0 Å². The van der Waals surface area contributed by atoms with E-state index in [-0.39, 0.29) is 4.21 Å².